The molecule has 0 radical (unpaired) electrons. The van der Waals surface area contributed by atoms with Crippen molar-refractivity contribution in [1.82, 2.24) is 0 Å². The van der Waals surface area contributed by atoms with Crippen LogP contribution in [0.4, 0.5) is 0 Å². The monoisotopic (exact) mass is 300 g/mol. The molecule has 22 heavy (non-hydrogen) atoms. The fraction of sp³-hybridized carbons (Fsp3) is 0.278. The summed E-state index contributed by atoms with van der Waals surface area (Å²) in [6.45, 7) is 2.92. The van der Waals surface area contributed by atoms with E-state index in [-0.39, 0.29) is 12.4 Å². The third-order valence-electron chi connectivity index (χ3n) is 3.15. The molecule has 0 fully saturated rings. The number of hydrogen-bond acceptors (Lipinski definition) is 4. The molecule has 0 amide bonds. The zero-order valence-electron chi connectivity index (χ0n) is 12.9. The number of carbonyl (C=O) groups is 1. The van der Waals surface area contributed by atoms with Crippen molar-refractivity contribution in [3.05, 3.63) is 59.7 Å². The zero-order valence-corrected chi connectivity index (χ0v) is 12.9. The van der Waals surface area contributed by atoms with E-state index >= 15 is 0 Å². The van der Waals surface area contributed by atoms with E-state index in [0.29, 0.717) is 24.7 Å². The first-order valence-corrected chi connectivity index (χ1v) is 7.22. The highest BCUT2D eigenvalue weighted by atomic mass is 16.5. The first-order valence-electron chi connectivity index (χ1n) is 7.22. The number of rotatable bonds is 7. The van der Waals surface area contributed by atoms with Gasteiger partial charge in [0.2, 0.25) is 0 Å². The van der Waals surface area contributed by atoms with E-state index in [1.807, 2.05) is 55.5 Å². The van der Waals surface area contributed by atoms with E-state index < -0.39 is 0 Å². The Labute approximate surface area is 130 Å². The molecule has 4 nitrogen and oxygen atoms in total. The third kappa shape index (κ3) is 4.52. The van der Waals surface area contributed by atoms with Crippen LogP contribution in [0, 0.1) is 0 Å². The molecule has 0 aliphatic rings. The lowest BCUT2D eigenvalue weighted by Crippen LogP contribution is -2.07. The van der Waals surface area contributed by atoms with Crippen molar-refractivity contribution in [2.75, 3.05) is 13.7 Å². The smallest absolute Gasteiger partial charge is 0.310 e. The maximum absolute atomic E-state index is 11.4. The second-order valence-electron chi connectivity index (χ2n) is 4.73. The van der Waals surface area contributed by atoms with Crippen LogP contribution in [-0.4, -0.2) is 19.7 Å². The van der Waals surface area contributed by atoms with Gasteiger partial charge >= 0.3 is 5.97 Å². The summed E-state index contributed by atoms with van der Waals surface area (Å²) >= 11 is 0. The molecule has 0 saturated heterocycles. The summed E-state index contributed by atoms with van der Waals surface area (Å²) < 4.78 is 16.1. The van der Waals surface area contributed by atoms with Crippen LogP contribution in [0.25, 0.3) is 0 Å². The van der Waals surface area contributed by atoms with Crippen molar-refractivity contribution < 1.29 is 19.0 Å². The minimum atomic E-state index is -0.293. The Kier molecular flexibility index (Phi) is 5.83. The summed E-state index contributed by atoms with van der Waals surface area (Å²) in [5.74, 6) is 1.07. The molecule has 0 unspecified atom stereocenters. The van der Waals surface area contributed by atoms with Crippen LogP contribution in [-0.2, 0) is 22.6 Å². The van der Waals surface area contributed by atoms with Gasteiger partial charge in [-0.25, -0.2) is 0 Å². The molecular weight excluding hydrogens is 280 g/mol. The van der Waals surface area contributed by atoms with E-state index in [1.54, 1.807) is 0 Å². The Hall–Kier alpha value is -2.49. The van der Waals surface area contributed by atoms with Gasteiger partial charge < -0.3 is 14.2 Å². The van der Waals surface area contributed by atoms with E-state index in [9.17, 15) is 4.79 Å². The maximum Gasteiger partial charge on any atom is 0.310 e. The van der Waals surface area contributed by atoms with Crippen LogP contribution < -0.4 is 9.47 Å². The summed E-state index contributed by atoms with van der Waals surface area (Å²) in [6.07, 6.45) is 0.185. The Morgan fingerprint density at radius 2 is 1.82 bits per heavy atom. The molecule has 0 saturated carbocycles. The van der Waals surface area contributed by atoms with Gasteiger partial charge in [0.25, 0.3) is 0 Å². The molecule has 0 N–H and O–H groups in total. The fourth-order valence-corrected chi connectivity index (χ4v) is 2.03. The largest absolute Gasteiger partial charge is 0.493 e. The predicted octanol–water partition coefficient (Wildman–Crippen LogP) is 3.38. The molecule has 0 aliphatic heterocycles. The molecule has 0 bridgehead atoms. The Morgan fingerprint density at radius 1 is 1.05 bits per heavy atom. The number of hydrogen-bond donors (Lipinski definition) is 0. The Balaban J connectivity index is 2.09. The predicted molar refractivity (Wildman–Crippen MR) is 84.1 cm³/mol. The standard InChI is InChI=1S/C18H20O4/c1-3-21-17-12-16(10-9-15(17)11-18(19)20-2)22-13-14-7-5-4-6-8-14/h4-10,12H,3,11,13H2,1-2H3. The van der Waals surface area contributed by atoms with E-state index in [0.717, 1.165) is 11.1 Å². The van der Waals surface area contributed by atoms with Gasteiger partial charge in [0, 0.05) is 11.6 Å². The van der Waals surface area contributed by atoms with Crippen molar-refractivity contribution in [3.8, 4) is 11.5 Å². The highest BCUT2D eigenvalue weighted by Gasteiger charge is 2.11. The molecule has 0 spiro atoms. The van der Waals surface area contributed by atoms with Gasteiger partial charge in [0.15, 0.2) is 0 Å². The molecule has 4 heteroatoms. The number of benzene rings is 2. The summed E-state index contributed by atoms with van der Waals surface area (Å²) in [5, 5.41) is 0. The Bertz CT molecular complexity index is 608. The number of carbonyl (C=O) groups excluding carboxylic acids is 1. The van der Waals surface area contributed by atoms with Crippen LogP contribution in [0.3, 0.4) is 0 Å². The summed E-state index contributed by atoms with van der Waals surface area (Å²) in [7, 11) is 1.38. The van der Waals surface area contributed by atoms with Crippen molar-refractivity contribution in [2.45, 2.75) is 20.0 Å². The van der Waals surface area contributed by atoms with Crippen molar-refractivity contribution in [3.63, 3.8) is 0 Å². The highest BCUT2D eigenvalue weighted by molar-refractivity contribution is 5.73. The van der Waals surface area contributed by atoms with E-state index in [2.05, 4.69) is 0 Å². The van der Waals surface area contributed by atoms with Crippen LogP contribution in [0.2, 0.25) is 0 Å². The Morgan fingerprint density at radius 3 is 2.50 bits per heavy atom. The van der Waals surface area contributed by atoms with Gasteiger partial charge in [0.1, 0.15) is 18.1 Å². The van der Waals surface area contributed by atoms with Gasteiger partial charge in [-0.05, 0) is 18.6 Å². The van der Waals surface area contributed by atoms with E-state index in [4.69, 9.17) is 14.2 Å². The van der Waals surface area contributed by atoms with Gasteiger partial charge in [0.05, 0.1) is 20.1 Å². The lowest BCUT2D eigenvalue weighted by Gasteiger charge is -2.12. The summed E-state index contributed by atoms with van der Waals surface area (Å²) in [5.41, 5.74) is 1.89. The summed E-state index contributed by atoms with van der Waals surface area (Å²) in [6, 6.07) is 15.4. The number of ether oxygens (including phenoxy) is 3. The molecule has 116 valence electrons. The first kappa shape index (κ1) is 15.9. The van der Waals surface area contributed by atoms with Crippen molar-refractivity contribution in [2.24, 2.45) is 0 Å². The number of esters is 1. The minimum absolute atomic E-state index is 0.185. The molecule has 0 atom stereocenters. The van der Waals surface area contributed by atoms with Gasteiger partial charge in [-0.2, -0.15) is 0 Å². The topological polar surface area (TPSA) is 44.8 Å². The average molecular weight is 300 g/mol. The highest BCUT2D eigenvalue weighted by Crippen LogP contribution is 2.26. The second kappa shape index (κ2) is 8.08. The zero-order chi connectivity index (χ0) is 15.8. The maximum atomic E-state index is 11.4. The molecule has 0 aromatic heterocycles. The molecular formula is C18H20O4. The second-order valence-corrected chi connectivity index (χ2v) is 4.73. The SMILES string of the molecule is CCOc1cc(OCc2ccccc2)ccc1CC(=O)OC. The normalized spacial score (nSPS) is 10.1. The molecule has 0 heterocycles. The fourth-order valence-electron chi connectivity index (χ4n) is 2.03. The van der Waals surface area contributed by atoms with Crippen molar-refractivity contribution >= 4 is 5.97 Å². The third-order valence-corrected chi connectivity index (χ3v) is 3.15. The lowest BCUT2D eigenvalue weighted by molar-refractivity contribution is -0.139. The van der Waals surface area contributed by atoms with Crippen molar-refractivity contribution in [1.29, 1.82) is 0 Å². The van der Waals surface area contributed by atoms with Crippen LogP contribution in [0.5, 0.6) is 11.5 Å². The van der Waals surface area contributed by atoms with Gasteiger partial charge in [-0.15, -0.1) is 0 Å². The van der Waals surface area contributed by atoms with Gasteiger partial charge in [-0.1, -0.05) is 36.4 Å². The molecule has 2 aromatic rings. The van der Waals surface area contributed by atoms with Gasteiger partial charge in [-0.3, -0.25) is 4.79 Å². The number of methoxy groups -OCH3 is 1. The van der Waals surface area contributed by atoms with E-state index in [1.165, 1.54) is 7.11 Å². The molecule has 2 aromatic carbocycles. The van der Waals surface area contributed by atoms with Crippen LogP contribution in [0.15, 0.2) is 48.5 Å². The quantitative estimate of drug-likeness (QED) is 0.735. The van der Waals surface area contributed by atoms with Crippen LogP contribution in [0.1, 0.15) is 18.1 Å². The first-order chi connectivity index (χ1) is 10.7. The summed E-state index contributed by atoms with van der Waals surface area (Å²) in [4.78, 5) is 11.4. The average Bonchev–Trinajstić information content (AvgIpc) is 2.56. The molecule has 0 aliphatic carbocycles. The lowest BCUT2D eigenvalue weighted by atomic mass is 10.1. The molecule has 2 rings (SSSR count). The minimum Gasteiger partial charge on any atom is -0.493 e. The van der Waals surface area contributed by atoms with Crippen LogP contribution >= 0.6 is 0 Å².